The number of pyridine rings is 1. The van der Waals surface area contributed by atoms with Crippen molar-refractivity contribution >= 4 is 45.8 Å². The number of aromatic nitrogens is 3. The Morgan fingerprint density at radius 1 is 1.14 bits per heavy atom. The number of nitrogens with one attached hydrogen (secondary N) is 1. The molecule has 1 saturated heterocycles. The molecule has 1 amide bonds. The van der Waals surface area contributed by atoms with Gasteiger partial charge in [0.15, 0.2) is 5.75 Å². The van der Waals surface area contributed by atoms with Crippen LogP contribution in [0.4, 0.5) is 22.0 Å². The van der Waals surface area contributed by atoms with E-state index >= 15 is 0 Å². The van der Waals surface area contributed by atoms with Gasteiger partial charge in [-0.25, -0.2) is 14.8 Å². The first kappa shape index (κ1) is 28.8. The van der Waals surface area contributed by atoms with E-state index in [2.05, 4.69) is 20.3 Å². The van der Waals surface area contributed by atoms with Gasteiger partial charge in [0.05, 0.1) is 33.1 Å². The fourth-order valence-electron chi connectivity index (χ4n) is 4.37. The Balaban J connectivity index is 1.32. The molecule has 2 aromatic carbocycles. The number of hydrogen-bond donors (Lipinski definition) is 1. The second-order valence-corrected chi connectivity index (χ2v) is 11.1. The van der Waals surface area contributed by atoms with Crippen LogP contribution in [0.3, 0.4) is 0 Å². The Hall–Kier alpha value is -4.71. The van der Waals surface area contributed by atoms with Crippen LogP contribution in [0.25, 0.3) is 10.9 Å². The predicted molar refractivity (Wildman–Crippen MR) is 156 cm³/mol. The standard InChI is InChI=1S/C29H29ClN6O6/c1-29(2,3)42-28(37)35-11-9-20(15-35)41-26-14-23-21(13-24(26)36(38)39)27(33-17-32-23)34-18-7-8-25(22(30)12-18)40-16-19-6-4-5-10-31-19/h4-8,10,12-14,17,20H,9,11,15-16H2,1-3H3,(H,32,33,34)/t20-/m0/s1. The lowest BCUT2D eigenvalue weighted by Crippen LogP contribution is -2.36. The third-order valence-electron chi connectivity index (χ3n) is 6.30. The molecule has 218 valence electrons. The third-order valence-corrected chi connectivity index (χ3v) is 6.59. The molecule has 12 nitrogen and oxygen atoms in total. The van der Waals surface area contributed by atoms with Crippen LogP contribution in [0.15, 0.2) is 61.1 Å². The fraction of sp³-hybridized carbons (Fsp3) is 0.310. The molecule has 0 unspecified atom stereocenters. The summed E-state index contributed by atoms with van der Waals surface area (Å²) in [5, 5.41) is 16.0. The summed E-state index contributed by atoms with van der Waals surface area (Å²) in [6.45, 7) is 6.32. The van der Waals surface area contributed by atoms with Gasteiger partial charge in [-0.1, -0.05) is 17.7 Å². The van der Waals surface area contributed by atoms with Crippen LogP contribution in [0.2, 0.25) is 5.02 Å². The number of rotatable bonds is 8. The normalized spacial score (nSPS) is 15.0. The summed E-state index contributed by atoms with van der Waals surface area (Å²) in [6, 6.07) is 13.6. The van der Waals surface area contributed by atoms with E-state index in [4.69, 9.17) is 25.8 Å². The zero-order valence-electron chi connectivity index (χ0n) is 23.2. The average Bonchev–Trinajstić information content (AvgIpc) is 3.41. The molecule has 1 aliphatic heterocycles. The number of nitro benzene ring substituents is 1. The van der Waals surface area contributed by atoms with Crippen LogP contribution in [-0.4, -0.2) is 55.7 Å². The number of amides is 1. The van der Waals surface area contributed by atoms with Gasteiger partial charge in [-0.2, -0.15) is 0 Å². The van der Waals surface area contributed by atoms with Gasteiger partial charge in [0.1, 0.15) is 36.2 Å². The Labute approximate surface area is 246 Å². The third kappa shape index (κ3) is 6.95. The van der Waals surface area contributed by atoms with E-state index in [0.29, 0.717) is 46.1 Å². The molecule has 1 aliphatic rings. The van der Waals surface area contributed by atoms with Crippen molar-refractivity contribution in [3.63, 3.8) is 0 Å². The molecular formula is C29H29ClN6O6. The summed E-state index contributed by atoms with van der Waals surface area (Å²) in [5.41, 5.74) is 0.937. The van der Waals surface area contributed by atoms with Crippen LogP contribution in [0.5, 0.6) is 11.5 Å². The monoisotopic (exact) mass is 592 g/mol. The van der Waals surface area contributed by atoms with Crippen molar-refractivity contribution in [2.75, 3.05) is 18.4 Å². The molecule has 0 radical (unpaired) electrons. The van der Waals surface area contributed by atoms with Crippen molar-refractivity contribution in [1.29, 1.82) is 0 Å². The molecule has 13 heteroatoms. The lowest BCUT2D eigenvalue weighted by atomic mass is 10.2. The summed E-state index contributed by atoms with van der Waals surface area (Å²) >= 11 is 6.45. The van der Waals surface area contributed by atoms with E-state index in [1.54, 1.807) is 45.2 Å². The lowest BCUT2D eigenvalue weighted by molar-refractivity contribution is -0.385. The number of fused-ring (bicyclic) bond motifs is 1. The maximum atomic E-state index is 12.4. The van der Waals surface area contributed by atoms with E-state index in [1.807, 2.05) is 18.2 Å². The zero-order valence-corrected chi connectivity index (χ0v) is 24.0. The van der Waals surface area contributed by atoms with Gasteiger partial charge >= 0.3 is 11.8 Å². The van der Waals surface area contributed by atoms with Crippen LogP contribution in [-0.2, 0) is 11.3 Å². The van der Waals surface area contributed by atoms with Gasteiger partial charge < -0.3 is 24.4 Å². The van der Waals surface area contributed by atoms with Gasteiger partial charge in [0.25, 0.3) is 0 Å². The highest BCUT2D eigenvalue weighted by atomic mass is 35.5. The van der Waals surface area contributed by atoms with E-state index < -0.39 is 22.7 Å². The van der Waals surface area contributed by atoms with Crippen molar-refractivity contribution in [3.05, 3.63) is 81.9 Å². The van der Waals surface area contributed by atoms with Crippen molar-refractivity contribution in [3.8, 4) is 11.5 Å². The van der Waals surface area contributed by atoms with E-state index in [1.165, 1.54) is 23.4 Å². The van der Waals surface area contributed by atoms with Crippen LogP contribution in [0.1, 0.15) is 32.9 Å². The fourth-order valence-corrected chi connectivity index (χ4v) is 4.61. The topological polar surface area (TPSA) is 142 Å². The molecule has 0 aliphatic carbocycles. The number of carbonyl (C=O) groups excluding carboxylic acids is 1. The number of hydrogen-bond acceptors (Lipinski definition) is 10. The molecule has 0 bridgehead atoms. The van der Waals surface area contributed by atoms with Gasteiger partial charge in [0.2, 0.25) is 0 Å². The summed E-state index contributed by atoms with van der Waals surface area (Å²) < 4.78 is 17.2. The van der Waals surface area contributed by atoms with Gasteiger partial charge in [0, 0.05) is 37.0 Å². The van der Waals surface area contributed by atoms with Crippen molar-refractivity contribution in [2.45, 2.75) is 45.5 Å². The Kier molecular flexibility index (Phi) is 8.25. The Morgan fingerprint density at radius 3 is 2.69 bits per heavy atom. The van der Waals surface area contributed by atoms with E-state index in [9.17, 15) is 14.9 Å². The molecule has 5 rings (SSSR count). The smallest absolute Gasteiger partial charge is 0.410 e. The highest BCUT2D eigenvalue weighted by Crippen LogP contribution is 2.37. The first-order chi connectivity index (χ1) is 20.1. The zero-order chi connectivity index (χ0) is 29.9. The minimum atomic E-state index is -0.625. The summed E-state index contributed by atoms with van der Waals surface area (Å²) in [6.07, 6.45) is 2.67. The predicted octanol–water partition coefficient (Wildman–Crippen LogP) is 6.30. The number of likely N-dealkylation sites (tertiary alicyclic amines) is 1. The molecule has 0 saturated carbocycles. The molecule has 1 atom stereocenters. The molecule has 42 heavy (non-hydrogen) atoms. The number of nitrogens with zero attached hydrogens (tertiary/aromatic N) is 5. The van der Waals surface area contributed by atoms with Crippen LogP contribution in [0, 0.1) is 10.1 Å². The maximum absolute atomic E-state index is 12.4. The van der Waals surface area contributed by atoms with E-state index in [-0.39, 0.29) is 24.6 Å². The summed E-state index contributed by atoms with van der Waals surface area (Å²) in [7, 11) is 0. The second kappa shape index (κ2) is 12.0. The molecule has 1 N–H and O–H groups in total. The van der Waals surface area contributed by atoms with Crippen LogP contribution >= 0.6 is 11.6 Å². The number of anilines is 2. The summed E-state index contributed by atoms with van der Waals surface area (Å²) in [4.78, 5) is 38.3. The van der Waals surface area contributed by atoms with Gasteiger partial charge in [-0.15, -0.1) is 0 Å². The summed E-state index contributed by atoms with van der Waals surface area (Å²) in [5.74, 6) is 0.894. The highest BCUT2D eigenvalue weighted by molar-refractivity contribution is 6.32. The molecule has 3 heterocycles. The molecule has 0 spiro atoms. The Bertz CT molecular complexity index is 1610. The van der Waals surface area contributed by atoms with E-state index in [0.717, 1.165) is 5.69 Å². The number of nitro groups is 1. The maximum Gasteiger partial charge on any atom is 0.410 e. The average molecular weight is 593 g/mol. The minimum absolute atomic E-state index is 0.0608. The van der Waals surface area contributed by atoms with Crippen molar-refractivity contribution in [1.82, 2.24) is 19.9 Å². The number of carbonyl (C=O) groups is 1. The second-order valence-electron chi connectivity index (χ2n) is 10.7. The highest BCUT2D eigenvalue weighted by Gasteiger charge is 2.32. The van der Waals surface area contributed by atoms with Crippen molar-refractivity contribution in [2.24, 2.45) is 0 Å². The minimum Gasteiger partial charge on any atom is -0.486 e. The largest absolute Gasteiger partial charge is 0.486 e. The first-order valence-corrected chi connectivity index (χ1v) is 13.6. The quantitative estimate of drug-likeness (QED) is 0.183. The number of halogens is 1. The van der Waals surface area contributed by atoms with Crippen molar-refractivity contribution < 1.29 is 23.9 Å². The molecule has 1 fully saturated rings. The molecule has 2 aromatic heterocycles. The lowest BCUT2D eigenvalue weighted by Gasteiger charge is -2.24. The molecular weight excluding hydrogens is 564 g/mol. The molecule has 4 aromatic rings. The Morgan fingerprint density at radius 2 is 1.98 bits per heavy atom. The first-order valence-electron chi connectivity index (χ1n) is 13.2. The van der Waals surface area contributed by atoms with Gasteiger partial charge in [-0.05, 0) is 51.1 Å². The number of ether oxygens (including phenoxy) is 3. The number of benzene rings is 2. The van der Waals surface area contributed by atoms with Gasteiger partial charge in [-0.3, -0.25) is 15.1 Å². The van der Waals surface area contributed by atoms with Crippen LogP contribution < -0.4 is 14.8 Å². The SMILES string of the molecule is CC(C)(C)OC(=O)N1CC[C@H](Oc2cc3ncnc(Nc4ccc(OCc5ccccn5)c(Cl)c4)c3cc2[N+](=O)[O-])C1.